The predicted octanol–water partition coefficient (Wildman–Crippen LogP) is 5.28. The molecule has 0 radical (unpaired) electrons. The quantitative estimate of drug-likeness (QED) is 0.244. The summed E-state index contributed by atoms with van der Waals surface area (Å²) in [5.74, 6) is -2.76. The number of carbonyl (C=O) groups is 1. The first-order valence-corrected chi connectivity index (χ1v) is 11.1. The Morgan fingerprint density at radius 1 is 0.828 bits per heavy atom. The number of unbranched alkanes of at least 4 members (excludes halogenated alkanes) is 10. The van der Waals surface area contributed by atoms with E-state index in [-0.39, 0.29) is 0 Å². The van der Waals surface area contributed by atoms with Crippen molar-refractivity contribution in [1.82, 2.24) is 5.32 Å². The Kier molecular flexibility index (Phi) is 24.5. The number of carboxylic acid groups (broad SMARTS) is 1. The molecular weight excluding hydrogens is 385 g/mol. The summed E-state index contributed by atoms with van der Waals surface area (Å²) < 4.78 is 37.4. The average molecular weight is 429 g/mol. The van der Waals surface area contributed by atoms with Gasteiger partial charge in [0.15, 0.2) is 0 Å². The van der Waals surface area contributed by atoms with Gasteiger partial charge in [-0.1, -0.05) is 71.1 Å². The number of nitrogens with one attached hydrogen (secondary N) is 1. The number of alkyl halides is 3. The molecule has 0 aromatic heterocycles. The molecule has 0 aliphatic carbocycles. The summed E-state index contributed by atoms with van der Waals surface area (Å²) in [6.45, 7) is 6.99. The molecule has 29 heavy (non-hydrogen) atoms. The highest BCUT2D eigenvalue weighted by Gasteiger charge is 2.38. The van der Waals surface area contributed by atoms with E-state index in [0.29, 0.717) is 0 Å². The Hall–Kier alpha value is -0.860. The smallest absolute Gasteiger partial charge is 0.475 e. The minimum absolute atomic E-state index is 0.780. The fourth-order valence-electron chi connectivity index (χ4n) is 2.62. The molecule has 176 valence electrons. The van der Waals surface area contributed by atoms with Crippen LogP contribution in [0.1, 0.15) is 90.4 Å². The van der Waals surface area contributed by atoms with Crippen molar-refractivity contribution in [3.8, 4) is 0 Å². The van der Waals surface area contributed by atoms with Gasteiger partial charge in [-0.3, -0.25) is 0 Å². The second kappa shape index (κ2) is 23.4. The molecule has 0 aliphatic heterocycles. The lowest BCUT2D eigenvalue weighted by Gasteiger charge is -2.06. The van der Waals surface area contributed by atoms with Gasteiger partial charge < -0.3 is 20.9 Å². The van der Waals surface area contributed by atoms with Crippen LogP contribution in [0.3, 0.4) is 0 Å². The van der Waals surface area contributed by atoms with Crippen molar-refractivity contribution in [3.63, 3.8) is 0 Å². The summed E-state index contributed by atoms with van der Waals surface area (Å²) in [6, 6.07) is 0. The Morgan fingerprint density at radius 2 is 1.24 bits per heavy atom. The Morgan fingerprint density at radius 3 is 1.69 bits per heavy atom. The SMILES string of the molecule is CCCCCCCCCCCCCOCCCNCCCN.O=C(O)C(F)(F)F. The maximum atomic E-state index is 10.6. The number of rotatable bonds is 19. The van der Waals surface area contributed by atoms with Gasteiger partial charge >= 0.3 is 12.1 Å². The highest BCUT2D eigenvalue weighted by Crippen LogP contribution is 2.13. The van der Waals surface area contributed by atoms with Crippen molar-refractivity contribution in [2.75, 3.05) is 32.8 Å². The van der Waals surface area contributed by atoms with Crippen LogP contribution in [0, 0.1) is 0 Å². The van der Waals surface area contributed by atoms with Crippen molar-refractivity contribution in [1.29, 1.82) is 0 Å². The summed E-state index contributed by atoms with van der Waals surface area (Å²) in [5, 5.41) is 10.5. The molecule has 5 nitrogen and oxygen atoms in total. The first kappa shape index (κ1) is 30.3. The molecule has 0 aliphatic rings. The van der Waals surface area contributed by atoms with Gasteiger partial charge in [-0.15, -0.1) is 0 Å². The number of hydrogen-bond donors (Lipinski definition) is 3. The van der Waals surface area contributed by atoms with E-state index in [4.69, 9.17) is 20.4 Å². The maximum Gasteiger partial charge on any atom is 0.490 e. The van der Waals surface area contributed by atoms with E-state index >= 15 is 0 Å². The molecule has 0 atom stereocenters. The molecule has 4 N–H and O–H groups in total. The molecule has 0 saturated heterocycles. The van der Waals surface area contributed by atoms with Crippen molar-refractivity contribution in [3.05, 3.63) is 0 Å². The zero-order valence-corrected chi connectivity index (χ0v) is 18.2. The highest BCUT2D eigenvalue weighted by molar-refractivity contribution is 5.73. The van der Waals surface area contributed by atoms with Gasteiger partial charge in [-0.25, -0.2) is 4.79 Å². The van der Waals surface area contributed by atoms with E-state index < -0.39 is 12.1 Å². The van der Waals surface area contributed by atoms with E-state index in [2.05, 4.69) is 12.2 Å². The van der Waals surface area contributed by atoms with Gasteiger partial charge in [0.05, 0.1) is 0 Å². The lowest BCUT2D eigenvalue weighted by atomic mass is 10.1. The van der Waals surface area contributed by atoms with Gasteiger partial charge in [0.25, 0.3) is 0 Å². The summed E-state index contributed by atoms with van der Waals surface area (Å²) in [4.78, 5) is 8.90. The summed E-state index contributed by atoms with van der Waals surface area (Å²) in [5.41, 5.74) is 5.44. The molecule has 0 bridgehead atoms. The first-order chi connectivity index (χ1) is 13.9. The zero-order chi connectivity index (χ0) is 22.2. The molecule has 0 unspecified atom stereocenters. The number of aliphatic carboxylic acids is 1. The number of nitrogens with two attached hydrogens (primary N) is 1. The minimum atomic E-state index is -5.08. The standard InChI is InChI=1S/C19H42N2O.C2HF3O2/c1-2-3-4-5-6-7-8-9-10-11-12-18-22-19-14-17-21-16-13-15-20;3-2(4,5)1(6)7/h21H,2-20H2,1H3;(H,6,7). The second-order valence-corrected chi connectivity index (χ2v) is 7.20. The number of halogens is 3. The summed E-state index contributed by atoms with van der Waals surface area (Å²) in [6.07, 6.45) is 12.5. The molecule has 0 saturated carbocycles. The summed E-state index contributed by atoms with van der Waals surface area (Å²) >= 11 is 0. The minimum Gasteiger partial charge on any atom is -0.475 e. The molecule has 0 fully saturated rings. The van der Waals surface area contributed by atoms with Crippen LogP contribution in [-0.2, 0) is 9.53 Å². The average Bonchev–Trinajstić information content (AvgIpc) is 2.67. The molecule has 0 rings (SSSR count). The molecule has 0 aromatic rings. The fraction of sp³-hybridized carbons (Fsp3) is 0.952. The van der Waals surface area contributed by atoms with Crippen LogP contribution in [0.15, 0.2) is 0 Å². The van der Waals surface area contributed by atoms with Crippen LogP contribution in [0.2, 0.25) is 0 Å². The zero-order valence-electron chi connectivity index (χ0n) is 18.2. The third kappa shape index (κ3) is 29.4. The lowest BCUT2D eigenvalue weighted by molar-refractivity contribution is -0.192. The lowest BCUT2D eigenvalue weighted by Crippen LogP contribution is -2.21. The van der Waals surface area contributed by atoms with E-state index in [1.807, 2.05) is 0 Å². The van der Waals surface area contributed by atoms with Crippen LogP contribution in [-0.4, -0.2) is 50.1 Å². The Labute approximate surface area is 174 Å². The molecule has 0 aromatic carbocycles. The third-order valence-corrected chi connectivity index (χ3v) is 4.33. The predicted molar refractivity (Wildman–Crippen MR) is 112 cm³/mol. The van der Waals surface area contributed by atoms with E-state index in [1.54, 1.807) is 0 Å². The fourth-order valence-corrected chi connectivity index (χ4v) is 2.62. The molecule has 0 heterocycles. The van der Waals surface area contributed by atoms with Crippen LogP contribution < -0.4 is 11.1 Å². The Bertz CT molecular complexity index is 324. The normalized spacial score (nSPS) is 11.2. The molecule has 8 heteroatoms. The van der Waals surface area contributed by atoms with Crippen molar-refractivity contribution in [2.45, 2.75) is 96.6 Å². The van der Waals surface area contributed by atoms with E-state index in [1.165, 1.54) is 70.6 Å². The summed E-state index contributed by atoms with van der Waals surface area (Å²) in [7, 11) is 0. The number of carboxylic acids is 1. The highest BCUT2D eigenvalue weighted by atomic mass is 19.4. The van der Waals surface area contributed by atoms with Gasteiger partial charge in [0.1, 0.15) is 0 Å². The third-order valence-electron chi connectivity index (χ3n) is 4.33. The van der Waals surface area contributed by atoms with Crippen LogP contribution in [0.4, 0.5) is 13.2 Å². The van der Waals surface area contributed by atoms with Gasteiger partial charge in [0.2, 0.25) is 0 Å². The maximum absolute atomic E-state index is 10.6. The topological polar surface area (TPSA) is 84.6 Å². The first-order valence-electron chi connectivity index (χ1n) is 11.1. The number of ether oxygens (including phenoxy) is 1. The largest absolute Gasteiger partial charge is 0.490 e. The monoisotopic (exact) mass is 428 g/mol. The van der Waals surface area contributed by atoms with Gasteiger partial charge in [0, 0.05) is 13.2 Å². The van der Waals surface area contributed by atoms with Crippen LogP contribution in [0.5, 0.6) is 0 Å². The molecule has 0 amide bonds. The van der Waals surface area contributed by atoms with Crippen molar-refractivity contribution in [2.24, 2.45) is 5.73 Å². The van der Waals surface area contributed by atoms with Crippen molar-refractivity contribution >= 4 is 5.97 Å². The van der Waals surface area contributed by atoms with Gasteiger partial charge in [-0.05, 0) is 38.9 Å². The Balaban J connectivity index is 0. The van der Waals surface area contributed by atoms with Crippen molar-refractivity contribution < 1.29 is 27.8 Å². The van der Waals surface area contributed by atoms with Crippen LogP contribution in [0.25, 0.3) is 0 Å². The van der Waals surface area contributed by atoms with Gasteiger partial charge in [-0.2, -0.15) is 13.2 Å². The molecule has 0 spiro atoms. The molecular formula is C21H43F3N2O3. The number of hydrogen-bond acceptors (Lipinski definition) is 4. The second-order valence-electron chi connectivity index (χ2n) is 7.20. The van der Waals surface area contributed by atoms with E-state index in [9.17, 15) is 13.2 Å². The van der Waals surface area contributed by atoms with E-state index in [0.717, 1.165) is 45.7 Å². The van der Waals surface area contributed by atoms with Crippen LogP contribution >= 0.6 is 0 Å².